The third-order valence-corrected chi connectivity index (χ3v) is 3.04. The van der Waals surface area contributed by atoms with Crippen molar-refractivity contribution in [3.63, 3.8) is 0 Å². The van der Waals surface area contributed by atoms with Gasteiger partial charge in [-0.2, -0.15) is 0 Å². The third-order valence-electron chi connectivity index (χ3n) is 3.04. The van der Waals surface area contributed by atoms with Crippen molar-refractivity contribution in [2.45, 2.75) is 38.8 Å². The maximum atomic E-state index is 11.6. The molecule has 0 bridgehead atoms. The zero-order chi connectivity index (χ0) is 11.3. The van der Waals surface area contributed by atoms with Gasteiger partial charge in [-0.25, -0.2) is 0 Å². The minimum Gasteiger partial charge on any atom is -0.378 e. The highest BCUT2D eigenvalue weighted by atomic mass is 16.5. The second-order valence-electron chi connectivity index (χ2n) is 4.32. The summed E-state index contributed by atoms with van der Waals surface area (Å²) in [5, 5.41) is 6.22. The first kappa shape index (κ1) is 12.5. The molecule has 0 aromatic rings. The Kier molecular flexibility index (Phi) is 5.05. The molecular weight excluding hydrogens is 192 g/mol. The van der Waals surface area contributed by atoms with Crippen LogP contribution in [0.25, 0.3) is 0 Å². The molecule has 0 saturated carbocycles. The van der Waals surface area contributed by atoms with Gasteiger partial charge >= 0.3 is 0 Å². The van der Waals surface area contributed by atoms with E-state index in [-0.39, 0.29) is 18.1 Å². The van der Waals surface area contributed by atoms with Gasteiger partial charge in [0.05, 0.1) is 12.1 Å². The van der Waals surface area contributed by atoms with Gasteiger partial charge in [0, 0.05) is 26.6 Å². The Balaban J connectivity index is 2.30. The molecule has 3 atom stereocenters. The minimum atomic E-state index is 0.117. The summed E-state index contributed by atoms with van der Waals surface area (Å²) in [7, 11) is 1.69. The van der Waals surface area contributed by atoms with Gasteiger partial charge in [0.15, 0.2) is 0 Å². The van der Waals surface area contributed by atoms with E-state index in [0.717, 1.165) is 19.5 Å². The van der Waals surface area contributed by atoms with Gasteiger partial charge in [-0.15, -0.1) is 0 Å². The monoisotopic (exact) mass is 214 g/mol. The molecule has 1 rings (SSSR count). The van der Waals surface area contributed by atoms with Crippen molar-refractivity contribution in [2.75, 3.05) is 20.2 Å². The standard InChI is InChI=1S/C11H22N2O2/c1-4-8(2)5-11(14)13-9-6-12-7-10(9)15-3/h8-10,12H,4-7H2,1-3H3,(H,13,14)/t8?,9?,10-/m0/s1. The highest BCUT2D eigenvalue weighted by Gasteiger charge is 2.28. The van der Waals surface area contributed by atoms with E-state index >= 15 is 0 Å². The molecule has 4 nitrogen and oxygen atoms in total. The molecular formula is C11H22N2O2. The van der Waals surface area contributed by atoms with E-state index in [4.69, 9.17) is 4.74 Å². The molecule has 1 saturated heterocycles. The zero-order valence-corrected chi connectivity index (χ0v) is 9.88. The molecule has 15 heavy (non-hydrogen) atoms. The van der Waals surface area contributed by atoms with Crippen molar-refractivity contribution in [1.29, 1.82) is 0 Å². The fourth-order valence-corrected chi connectivity index (χ4v) is 1.77. The van der Waals surface area contributed by atoms with Crippen molar-refractivity contribution >= 4 is 5.91 Å². The predicted octanol–water partition coefficient (Wildman–Crippen LogP) is 0.526. The highest BCUT2D eigenvalue weighted by molar-refractivity contribution is 5.76. The lowest BCUT2D eigenvalue weighted by molar-refractivity contribution is -0.123. The average molecular weight is 214 g/mol. The number of hydrogen-bond donors (Lipinski definition) is 2. The van der Waals surface area contributed by atoms with E-state index in [1.165, 1.54) is 0 Å². The molecule has 2 unspecified atom stereocenters. The lowest BCUT2D eigenvalue weighted by Gasteiger charge is -2.19. The van der Waals surface area contributed by atoms with Gasteiger partial charge < -0.3 is 15.4 Å². The van der Waals surface area contributed by atoms with E-state index in [9.17, 15) is 4.79 Å². The van der Waals surface area contributed by atoms with Crippen molar-refractivity contribution in [3.8, 4) is 0 Å². The summed E-state index contributed by atoms with van der Waals surface area (Å²) in [5.41, 5.74) is 0. The van der Waals surface area contributed by atoms with Gasteiger partial charge in [0.25, 0.3) is 0 Å². The lowest BCUT2D eigenvalue weighted by atomic mass is 10.0. The number of methoxy groups -OCH3 is 1. The van der Waals surface area contributed by atoms with Crippen molar-refractivity contribution in [1.82, 2.24) is 10.6 Å². The van der Waals surface area contributed by atoms with Crippen LogP contribution in [0.1, 0.15) is 26.7 Å². The number of nitrogens with one attached hydrogen (secondary N) is 2. The summed E-state index contributed by atoms with van der Waals surface area (Å²) in [6.45, 7) is 5.84. The van der Waals surface area contributed by atoms with Crippen molar-refractivity contribution < 1.29 is 9.53 Å². The van der Waals surface area contributed by atoms with Crippen LogP contribution in [0.15, 0.2) is 0 Å². The number of carbonyl (C=O) groups excluding carboxylic acids is 1. The Morgan fingerprint density at radius 3 is 2.93 bits per heavy atom. The lowest BCUT2D eigenvalue weighted by Crippen LogP contribution is -2.43. The first-order valence-corrected chi connectivity index (χ1v) is 5.70. The molecule has 1 aliphatic rings. The van der Waals surface area contributed by atoms with Crippen molar-refractivity contribution in [2.24, 2.45) is 5.92 Å². The number of carbonyl (C=O) groups is 1. The molecule has 0 radical (unpaired) electrons. The normalized spacial score (nSPS) is 27.7. The molecule has 0 aliphatic carbocycles. The quantitative estimate of drug-likeness (QED) is 0.701. The largest absolute Gasteiger partial charge is 0.378 e. The van der Waals surface area contributed by atoms with Crippen LogP contribution in [-0.4, -0.2) is 38.3 Å². The van der Waals surface area contributed by atoms with E-state index in [1.54, 1.807) is 7.11 Å². The Morgan fingerprint density at radius 1 is 1.60 bits per heavy atom. The van der Waals surface area contributed by atoms with Gasteiger partial charge in [-0.05, 0) is 5.92 Å². The van der Waals surface area contributed by atoms with E-state index in [0.29, 0.717) is 12.3 Å². The molecule has 1 amide bonds. The Bertz CT molecular complexity index is 209. The van der Waals surface area contributed by atoms with E-state index in [2.05, 4.69) is 24.5 Å². The molecule has 0 aromatic heterocycles. The van der Waals surface area contributed by atoms with E-state index in [1.807, 2.05) is 0 Å². The minimum absolute atomic E-state index is 0.117. The highest BCUT2D eigenvalue weighted by Crippen LogP contribution is 2.08. The van der Waals surface area contributed by atoms with Crippen LogP contribution in [0.4, 0.5) is 0 Å². The Hall–Kier alpha value is -0.610. The number of hydrogen-bond acceptors (Lipinski definition) is 3. The Morgan fingerprint density at radius 2 is 2.33 bits per heavy atom. The maximum Gasteiger partial charge on any atom is 0.220 e. The number of rotatable bonds is 5. The maximum absolute atomic E-state index is 11.6. The van der Waals surface area contributed by atoms with Crippen LogP contribution < -0.4 is 10.6 Å². The molecule has 1 heterocycles. The van der Waals surface area contributed by atoms with Crippen LogP contribution in [-0.2, 0) is 9.53 Å². The summed E-state index contributed by atoms with van der Waals surface area (Å²) in [5.74, 6) is 0.598. The number of ether oxygens (including phenoxy) is 1. The second-order valence-corrected chi connectivity index (χ2v) is 4.32. The smallest absolute Gasteiger partial charge is 0.220 e. The third kappa shape index (κ3) is 3.80. The predicted molar refractivity (Wildman–Crippen MR) is 59.7 cm³/mol. The van der Waals surface area contributed by atoms with Gasteiger partial charge in [-0.3, -0.25) is 4.79 Å². The van der Waals surface area contributed by atoms with Crippen LogP contribution in [0.2, 0.25) is 0 Å². The fraction of sp³-hybridized carbons (Fsp3) is 0.909. The summed E-state index contributed by atoms with van der Waals surface area (Å²) < 4.78 is 5.28. The van der Waals surface area contributed by atoms with Gasteiger partial charge in [0.1, 0.15) is 0 Å². The van der Waals surface area contributed by atoms with Crippen LogP contribution in [0.5, 0.6) is 0 Å². The fourth-order valence-electron chi connectivity index (χ4n) is 1.77. The Labute approximate surface area is 91.8 Å². The van der Waals surface area contributed by atoms with Gasteiger partial charge in [0.2, 0.25) is 5.91 Å². The molecule has 4 heteroatoms. The van der Waals surface area contributed by atoms with Crippen molar-refractivity contribution in [3.05, 3.63) is 0 Å². The summed E-state index contributed by atoms with van der Waals surface area (Å²) >= 11 is 0. The van der Waals surface area contributed by atoms with Gasteiger partial charge in [-0.1, -0.05) is 20.3 Å². The van der Waals surface area contributed by atoms with E-state index < -0.39 is 0 Å². The van der Waals surface area contributed by atoms with Crippen LogP contribution in [0.3, 0.4) is 0 Å². The molecule has 88 valence electrons. The van der Waals surface area contributed by atoms with Crippen LogP contribution >= 0.6 is 0 Å². The summed E-state index contributed by atoms with van der Waals surface area (Å²) in [6.07, 6.45) is 1.78. The summed E-state index contributed by atoms with van der Waals surface area (Å²) in [6, 6.07) is 0.131. The summed E-state index contributed by atoms with van der Waals surface area (Å²) in [4.78, 5) is 11.6. The first-order valence-electron chi connectivity index (χ1n) is 5.70. The molecule has 2 N–H and O–H groups in total. The first-order chi connectivity index (χ1) is 7.17. The zero-order valence-electron chi connectivity index (χ0n) is 9.88. The molecule has 0 aromatic carbocycles. The number of amides is 1. The second kappa shape index (κ2) is 6.08. The van der Waals surface area contributed by atoms with Crippen LogP contribution in [0, 0.1) is 5.92 Å². The SMILES string of the molecule is CCC(C)CC(=O)NC1CNC[C@@H]1OC. The molecule has 1 fully saturated rings. The average Bonchev–Trinajstić information content (AvgIpc) is 2.64. The topological polar surface area (TPSA) is 50.4 Å². The molecule has 1 aliphatic heterocycles. The molecule has 0 spiro atoms.